The van der Waals surface area contributed by atoms with Crippen LogP contribution in [0.1, 0.15) is 104 Å². The van der Waals surface area contributed by atoms with Crippen molar-refractivity contribution in [2.45, 2.75) is 104 Å². The van der Waals surface area contributed by atoms with Crippen molar-refractivity contribution in [1.82, 2.24) is 24.7 Å². The highest BCUT2D eigenvalue weighted by Crippen LogP contribution is 2.58. The standard InChI is InChI=1S/C44H49ClN8O7/c1-23(2)51(22-24-20-50(21-24)42-48-18-26(19-49-42)36(47)55)27-13-30(14-27)59-28-9-10-31-32(15-28)38(57)52(37(31)56)34-11-12-35(54)53(39(34)58)40-43(3,4)41(44(40,5)6)60-29-8-7-25(17-46)33(45)16-29/h7-10,15-16,18-19,23-24,27,30,34,40-41H,11-14,20-22H2,1-6H3,(H2,47,55). The van der Waals surface area contributed by atoms with E-state index in [1.54, 1.807) is 36.4 Å². The molecule has 1 unspecified atom stereocenters. The molecule has 314 valence electrons. The van der Waals surface area contributed by atoms with Gasteiger partial charge in [0.1, 0.15) is 35.8 Å². The molecule has 4 fully saturated rings. The summed E-state index contributed by atoms with van der Waals surface area (Å²) in [6.45, 7) is 14.6. The molecule has 3 aliphatic heterocycles. The zero-order valence-corrected chi connectivity index (χ0v) is 35.3. The lowest BCUT2D eigenvalue weighted by molar-refractivity contribution is -0.216. The summed E-state index contributed by atoms with van der Waals surface area (Å²) in [5.41, 5.74) is 4.86. The van der Waals surface area contributed by atoms with Crippen LogP contribution in [0.15, 0.2) is 48.8 Å². The molecule has 0 bridgehead atoms. The number of hydrogen-bond acceptors (Lipinski definition) is 12. The molecule has 2 N–H and O–H groups in total. The Balaban J connectivity index is 0.885. The van der Waals surface area contributed by atoms with Gasteiger partial charge in [-0.05, 0) is 50.6 Å². The van der Waals surface area contributed by atoms with Crippen molar-refractivity contribution in [2.24, 2.45) is 22.5 Å². The molecule has 5 amide bonds. The molecule has 2 saturated carbocycles. The second-order valence-electron chi connectivity index (χ2n) is 18.2. The molecule has 2 aliphatic carbocycles. The number of likely N-dealkylation sites (tertiary alicyclic amines) is 1. The Morgan fingerprint density at radius 3 is 2.20 bits per heavy atom. The molecule has 4 heterocycles. The summed E-state index contributed by atoms with van der Waals surface area (Å²) in [6.07, 6.45) is 4.04. The minimum atomic E-state index is -1.14. The summed E-state index contributed by atoms with van der Waals surface area (Å²) in [6, 6.07) is 10.6. The van der Waals surface area contributed by atoms with E-state index in [-0.39, 0.29) is 46.6 Å². The second kappa shape index (κ2) is 15.1. The van der Waals surface area contributed by atoms with E-state index in [2.05, 4.69) is 33.6 Å². The first-order valence-electron chi connectivity index (χ1n) is 20.4. The topological polar surface area (TPSA) is 192 Å². The Morgan fingerprint density at radius 1 is 0.950 bits per heavy atom. The quantitative estimate of drug-likeness (QED) is 0.244. The maximum atomic E-state index is 14.4. The van der Waals surface area contributed by atoms with Crippen LogP contribution in [0.3, 0.4) is 0 Å². The maximum absolute atomic E-state index is 14.4. The first-order chi connectivity index (χ1) is 28.4. The van der Waals surface area contributed by atoms with Gasteiger partial charge in [-0.25, -0.2) is 9.97 Å². The number of rotatable bonds is 12. The predicted molar refractivity (Wildman–Crippen MR) is 219 cm³/mol. The number of anilines is 1. The number of primary amides is 1. The number of hydrogen-bond donors (Lipinski definition) is 1. The highest BCUT2D eigenvalue weighted by molar-refractivity contribution is 6.31. The average molecular weight is 837 g/mol. The lowest BCUT2D eigenvalue weighted by atomic mass is 9.48. The van der Waals surface area contributed by atoms with Gasteiger partial charge in [-0.1, -0.05) is 39.3 Å². The molecule has 2 saturated heterocycles. The number of nitrogens with zero attached hydrogens (tertiary/aromatic N) is 7. The Labute approximate surface area is 353 Å². The van der Waals surface area contributed by atoms with Crippen molar-refractivity contribution < 1.29 is 33.4 Å². The molecule has 15 nitrogen and oxygen atoms in total. The molecular weight excluding hydrogens is 788 g/mol. The number of nitrogens with two attached hydrogens (primary N) is 1. The Bertz CT molecular complexity index is 2300. The molecule has 1 aromatic heterocycles. The van der Waals surface area contributed by atoms with Crippen molar-refractivity contribution in [3.05, 3.63) is 76.1 Å². The van der Waals surface area contributed by atoms with Crippen LogP contribution in [0.2, 0.25) is 5.02 Å². The van der Waals surface area contributed by atoms with Crippen LogP contribution in [0, 0.1) is 28.1 Å². The number of piperidine rings is 1. The van der Waals surface area contributed by atoms with Gasteiger partial charge in [0, 0.05) is 86.2 Å². The van der Waals surface area contributed by atoms with Crippen LogP contribution in [0.5, 0.6) is 11.5 Å². The third-order valence-electron chi connectivity index (χ3n) is 13.1. The zero-order valence-electron chi connectivity index (χ0n) is 34.6. The van der Waals surface area contributed by atoms with Gasteiger partial charge in [-0.2, -0.15) is 5.26 Å². The number of halogens is 1. The van der Waals surface area contributed by atoms with E-state index in [9.17, 15) is 29.2 Å². The first kappa shape index (κ1) is 41.2. The number of carbonyl (C=O) groups is 5. The number of fused-ring (bicyclic) bond motifs is 1. The number of aromatic nitrogens is 2. The molecule has 16 heteroatoms. The van der Waals surface area contributed by atoms with Crippen molar-refractivity contribution in [3.63, 3.8) is 0 Å². The van der Waals surface area contributed by atoms with E-state index < -0.39 is 52.6 Å². The summed E-state index contributed by atoms with van der Waals surface area (Å²) >= 11 is 6.27. The van der Waals surface area contributed by atoms with Crippen LogP contribution >= 0.6 is 11.6 Å². The third kappa shape index (κ3) is 6.93. The van der Waals surface area contributed by atoms with E-state index in [4.69, 9.17) is 26.8 Å². The number of nitriles is 1. The fourth-order valence-corrected chi connectivity index (χ4v) is 10.6. The van der Waals surface area contributed by atoms with Gasteiger partial charge >= 0.3 is 0 Å². The molecule has 0 spiro atoms. The number of carbonyl (C=O) groups excluding carboxylic acids is 5. The average Bonchev–Trinajstić information content (AvgIpc) is 3.41. The highest BCUT2D eigenvalue weighted by Gasteiger charge is 2.68. The van der Waals surface area contributed by atoms with Gasteiger partial charge in [-0.15, -0.1) is 0 Å². The van der Waals surface area contributed by atoms with Crippen molar-refractivity contribution in [2.75, 3.05) is 24.5 Å². The molecule has 5 aliphatic rings. The lowest BCUT2D eigenvalue weighted by Gasteiger charge is -2.65. The Morgan fingerprint density at radius 2 is 1.58 bits per heavy atom. The molecule has 0 radical (unpaired) electrons. The van der Waals surface area contributed by atoms with Crippen LogP contribution in [-0.2, 0) is 9.59 Å². The van der Waals surface area contributed by atoms with E-state index in [1.165, 1.54) is 17.3 Å². The molecule has 2 aromatic carbocycles. The molecule has 60 heavy (non-hydrogen) atoms. The van der Waals surface area contributed by atoms with Crippen LogP contribution < -0.4 is 20.1 Å². The van der Waals surface area contributed by atoms with Gasteiger partial charge in [0.15, 0.2) is 0 Å². The molecule has 8 rings (SSSR count). The predicted octanol–water partition coefficient (Wildman–Crippen LogP) is 4.85. The summed E-state index contributed by atoms with van der Waals surface area (Å²) in [5.74, 6) is -0.689. The van der Waals surface area contributed by atoms with E-state index in [1.807, 2.05) is 33.8 Å². The second-order valence-corrected chi connectivity index (χ2v) is 18.6. The van der Waals surface area contributed by atoms with Crippen LogP contribution in [0.4, 0.5) is 5.95 Å². The summed E-state index contributed by atoms with van der Waals surface area (Å²) in [4.78, 5) is 82.6. The van der Waals surface area contributed by atoms with Gasteiger partial charge in [0.05, 0.1) is 33.3 Å². The van der Waals surface area contributed by atoms with E-state index in [0.717, 1.165) is 37.4 Å². The Kier molecular flexibility index (Phi) is 10.4. The molecule has 1 atom stereocenters. The van der Waals surface area contributed by atoms with Crippen molar-refractivity contribution >= 4 is 47.1 Å². The molecular formula is C44H49ClN8O7. The SMILES string of the molecule is CC(C)N(CC1CN(c2ncc(C(N)=O)cn2)C1)C1CC(Oc2ccc3c(c2)C(=O)N(C2CCC(=O)N(C4C(C)(C)C(Oc5ccc(C#N)c(Cl)c5)C4(C)C)C2=O)C3=O)C1. The highest BCUT2D eigenvalue weighted by atomic mass is 35.5. The monoisotopic (exact) mass is 836 g/mol. The molecule has 3 aromatic rings. The van der Waals surface area contributed by atoms with Gasteiger partial charge in [0.25, 0.3) is 23.6 Å². The largest absolute Gasteiger partial charge is 0.490 e. The summed E-state index contributed by atoms with van der Waals surface area (Å²) in [5, 5.41) is 9.54. The van der Waals surface area contributed by atoms with E-state index >= 15 is 0 Å². The van der Waals surface area contributed by atoms with Gasteiger partial charge < -0.3 is 20.1 Å². The third-order valence-corrected chi connectivity index (χ3v) is 13.4. The Hall–Kier alpha value is -5.59. The fraction of sp³-hybridized carbons (Fsp3) is 0.500. The summed E-state index contributed by atoms with van der Waals surface area (Å²) < 4.78 is 12.7. The van der Waals surface area contributed by atoms with E-state index in [0.29, 0.717) is 41.0 Å². The first-order valence-corrected chi connectivity index (χ1v) is 20.8. The smallest absolute Gasteiger partial charge is 0.262 e. The summed E-state index contributed by atoms with van der Waals surface area (Å²) in [7, 11) is 0. The van der Waals surface area contributed by atoms with Crippen molar-refractivity contribution in [3.8, 4) is 17.6 Å². The lowest BCUT2D eigenvalue weighted by Crippen LogP contribution is -2.77. The van der Waals surface area contributed by atoms with Crippen LogP contribution in [0.25, 0.3) is 0 Å². The van der Waals surface area contributed by atoms with Gasteiger partial charge in [-0.3, -0.25) is 38.7 Å². The van der Waals surface area contributed by atoms with Crippen LogP contribution in [-0.4, -0.2) is 110 Å². The normalized spacial score (nSPS) is 25.7. The number of ether oxygens (including phenoxy) is 2. The zero-order chi connectivity index (χ0) is 43.0. The fourth-order valence-electron chi connectivity index (χ4n) is 10.4. The number of imide groups is 2. The minimum absolute atomic E-state index is 0.00650. The van der Waals surface area contributed by atoms with Gasteiger partial charge in [0.2, 0.25) is 11.9 Å². The number of amides is 5. The maximum Gasteiger partial charge on any atom is 0.262 e. The van der Waals surface area contributed by atoms with Crippen molar-refractivity contribution in [1.29, 1.82) is 5.26 Å². The minimum Gasteiger partial charge on any atom is -0.490 e. The number of benzene rings is 2.